The summed E-state index contributed by atoms with van der Waals surface area (Å²) in [6.45, 7) is 0.403. The van der Waals surface area contributed by atoms with E-state index in [4.69, 9.17) is 6.42 Å². The molecule has 0 aliphatic heterocycles. The number of rotatable bonds is 2. The first kappa shape index (κ1) is 11.0. The molecule has 0 aliphatic rings. The van der Waals surface area contributed by atoms with Gasteiger partial charge in [0.15, 0.2) is 0 Å². The van der Waals surface area contributed by atoms with Crippen LogP contribution in [0, 0.1) is 12.3 Å². The van der Waals surface area contributed by atoms with Gasteiger partial charge < -0.3 is 0 Å². The number of H-pyrrole nitrogens is 1. The molecule has 0 saturated carbocycles. The summed E-state index contributed by atoms with van der Waals surface area (Å²) in [5.74, 6) is 2.52. The van der Waals surface area contributed by atoms with E-state index in [9.17, 15) is 9.59 Å². The SMILES string of the molecule is C#Cc1ccc(Cn2ccc(=O)[nH]c2=O)cc1. The van der Waals surface area contributed by atoms with Crippen LogP contribution in [0.2, 0.25) is 0 Å². The van der Waals surface area contributed by atoms with E-state index in [1.165, 1.54) is 16.8 Å². The predicted molar refractivity (Wildman–Crippen MR) is 64.8 cm³/mol. The van der Waals surface area contributed by atoms with Crippen molar-refractivity contribution < 1.29 is 0 Å². The molecule has 2 aromatic rings. The molecule has 0 fully saturated rings. The third-order valence-corrected chi connectivity index (χ3v) is 2.37. The van der Waals surface area contributed by atoms with E-state index < -0.39 is 11.2 Å². The number of aromatic amines is 1. The number of aromatic nitrogens is 2. The fraction of sp³-hybridized carbons (Fsp3) is 0.0769. The van der Waals surface area contributed by atoms with Gasteiger partial charge in [0.1, 0.15) is 0 Å². The number of hydrogen-bond donors (Lipinski definition) is 1. The van der Waals surface area contributed by atoms with Crippen molar-refractivity contribution in [3.63, 3.8) is 0 Å². The second-order valence-corrected chi connectivity index (χ2v) is 3.58. The van der Waals surface area contributed by atoms with Gasteiger partial charge >= 0.3 is 5.69 Å². The van der Waals surface area contributed by atoms with E-state index >= 15 is 0 Å². The normalized spacial score (nSPS) is 9.82. The molecule has 0 atom stereocenters. The Kier molecular flexibility index (Phi) is 2.93. The van der Waals surface area contributed by atoms with Gasteiger partial charge in [0.25, 0.3) is 5.56 Å². The molecule has 0 radical (unpaired) electrons. The van der Waals surface area contributed by atoms with Crippen molar-refractivity contribution in [2.45, 2.75) is 6.54 Å². The first-order valence-electron chi connectivity index (χ1n) is 5.04. The molecule has 1 aromatic heterocycles. The number of terminal acetylenes is 1. The maximum atomic E-state index is 11.4. The van der Waals surface area contributed by atoms with E-state index in [1.54, 1.807) is 0 Å². The molecule has 0 amide bonds. The number of benzene rings is 1. The summed E-state index contributed by atoms with van der Waals surface area (Å²) in [4.78, 5) is 24.5. The van der Waals surface area contributed by atoms with Crippen molar-refractivity contribution in [3.05, 3.63) is 68.5 Å². The van der Waals surface area contributed by atoms with Gasteiger partial charge in [-0.25, -0.2) is 4.79 Å². The van der Waals surface area contributed by atoms with Crippen LogP contribution in [0.15, 0.2) is 46.1 Å². The summed E-state index contributed by atoms with van der Waals surface area (Å²) >= 11 is 0. The minimum Gasteiger partial charge on any atom is -0.296 e. The first-order valence-corrected chi connectivity index (χ1v) is 5.04. The second kappa shape index (κ2) is 4.54. The standard InChI is InChI=1S/C13H10N2O2/c1-2-10-3-5-11(6-4-10)9-15-8-7-12(16)14-13(15)17/h1,3-8H,9H2,(H,14,16,17). The highest BCUT2D eigenvalue weighted by atomic mass is 16.2. The molecule has 0 spiro atoms. The Hall–Kier alpha value is -2.54. The summed E-state index contributed by atoms with van der Waals surface area (Å²) in [6, 6.07) is 8.65. The van der Waals surface area contributed by atoms with Crippen LogP contribution in [0.4, 0.5) is 0 Å². The van der Waals surface area contributed by atoms with E-state index in [1.807, 2.05) is 24.3 Å². The zero-order valence-corrected chi connectivity index (χ0v) is 9.01. The fourth-order valence-corrected chi connectivity index (χ4v) is 1.47. The monoisotopic (exact) mass is 226 g/mol. The maximum absolute atomic E-state index is 11.4. The zero-order valence-electron chi connectivity index (χ0n) is 9.01. The van der Waals surface area contributed by atoms with E-state index in [-0.39, 0.29) is 0 Å². The van der Waals surface area contributed by atoms with Crippen molar-refractivity contribution in [2.75, 3.05) is 0 Å². The van der Waals surface area contributed by atoms with Gasteiger partial charge in [0, 0.05) is 17.8 Å². The quantitative estimate of drug-likeness (QED) is 0.761. The predicted octanol–water partition coefficient (Wildman–Crippen LogP) is 0.566. The van der Waals surface area contributed by atoms with Crippen LogP contribution < -0.4 is 11.2 Å². The molecule has 0 bridgehead atoms. The Labute approximate surface area is 97.6 Å². The average molecular weight is 226 g/mol. The summed E-state index contributed by atoms with van der Waals surface area (Å²) in [7, 11) is 0. The minimum atomic E-state index is -0.418. The lowest BCUT2D eigenvalue weighted by Crippen LogP contribution is -2.28. The second-order valence-electron chi connectivity index (χ2n) is 3.58. The largest absolute Gasteiger partial charge is 0.328 e. The highest BCUT2D eigenvalue weighted by molar-refractivity contribution is 5.34. The Balaban J connectivity index is 2.29. The summed E-state index contributed by atoms with van der Waals surface area (Å²) < 4.78 is 1.42. The molecule has 0 unspecified atom stereocenters. The molecule has 0 aliphatic carbocycles. The topological polar surface area (TPSA) is 54.9 Å². The van der Waals surface area contributed by atoms with E-state index in [0.29, 0.717) is 6.54 Å². The Morgan fingerprint density at radius 1 is 1.18 bits per heavy atom. The lowest BCUT2D eigenvalue weighted by atomic mass is 10.1. The number of nitrogens with one attached hydrogen (secondary N) is 1. The van der Waals surface area contributed by atoms with Gasteiger partial charge in [-0.2, -0.15) is 0 Å². The molecular weight excluding hydrogens is 216 g/mol. The average Bonchev–Trinajstić information content (AvgIpc) is 2.34. The summed E-state index contributed by atoms with van der Waals surface area (Å²) in [5, 5.41) is 0. The fourth-order valence-electron chi connectivity index (χ4n) is 1.47. The summed E-state index contributed by atoms with van der Waals surface area (Å²) in [5.41, 5.74) is 0.924. The van der Waals surface area contributed by atoms with Gasteiger partial charge in [0.2, 0.25) is 0 Å². The van der Waals surface area contributed by atoms with Gasteiger partial charge in [-0.3, -0.25) is 14.3 Å². The van der Waals surface area contributed by atoms with Crippen molar-refractivity contribution in [3.8, 4) is 12.3 Å². The van der Waals surface area contributed by atoms with Gasteiger partial charge in [-0.05, 0) is 17.7 Å². The highest BCUT2D eigenvalue weighted by Gasteiger charge is 1.98. The molecular formula is C13H10N2O2. The molecule has 4 heteroatoms. The third kappa shape index (κ3) is 2.52. The molecule has 1 aromatic carbocycles. The molecule has 1 heterocycles. The van der Waals surface area contributed by atoms with E-state index in [0.717, 1.165) is 11.1 Å². The molecule has 1 N–H and O–H groups in total. The molecule has 17 heavy (non-hydrogen) atoms. The molecule has 84 valence electrons. The maximum Gasteiger partial charge on any atom is 0.328 e. The van der Waals surface area contributed by atoms with Crippen LogP contribution in [-0.2, 0) is 6.54 Å². The van der Waals surface area contributed by atoms with Gasteiger partial charge in [0.05, 0.1) is 6.54 Å². The minimum absolute atomic E-state index is 0.395. The zero-order chi connectivity index (χ0) is 12.3. The third-order valence-electron chi connectivity index (χ3n) is 2.37. The number of hydrogen-bond acceptors (Lipinski definition) is 2. The summed E-state index contributed by atoms with van der Waals surface area (Å²) in [6.07, 6.45) is 6.72. The lowest BCUT2D eigenvalue weighted by molar-refractivity contribution is 0.720. The van der Waals surface area contributed by atoms with Crippen molar-refractivity contribution in [1.29, 1.82) is 0 Å². The van der Waals surface area contributed by atoms with Gasteiger partial charge in [-0.1, -0.05) is 18.1 Å². The van der Waals surface area contributed by atoms with Crippen LogP contribution >= 0.6 is 0 Å². The molecule has 0 saturated heterocycles. The Morgan fingerprint density at radius 3 is 2.47 bits per heavy atom. The van der Waals surface area contributed by atoms with Crippen LogP contribution in [0.1, 0.15) is 11.1 Å². The van der Waals surface area contributed by atoms with E-state index in [2.05, 4.69) is 10.9 Å². The highest BCUT2D eigenvalue weighted by Crippen LogP contribution is 2.03. The molecule has 4 nitrogen and oxygen atoms in total. The Morgan fingerprint density at radius 2 is 1.88 bits per heavy atom. The van der Waals surface area contributed by atoms with Gasteiger partial charge in [-0.15, -0.1) is 6.42 Å². The van der Waals surface area contributed by atoms with Crippen LogP contribution in [0.5, 0.6) is 0 Å². The molecule has 2 rings (SSSR count). The number of nitrogens with zero attached hydrogens (tertiary/aromatic N) is 1. The van der Waals surface area contributed by atoms with Crippen LogP contribution in [0.25, 0.3) is 0 Å². The first-order chi connectivity index (χ1) is 8.19. The van der Waals surface area contributed by atoms with Crippen molar-refractivity contribution in [2.24, 2.45) is 0 Å². The van der Waals surface area contributed by atoms with Crippen LogP contribution in [0.3, 0.4) is 0 Å². The Bertz CT molecular complexity index is 672. The smallest absolute Gasteiger partial charge is 0.296 e. The van der Waals surface area contributed by atoms with Crippen LogP contribution in [-0.4, -0.2) is 9.55 Å². The van der Waals surface area contributed by atoms with Crippen molar-refractivity contribution >= 4 is 0 Å². The lowest BCUT2D eigenvalue weighted by Gasteiger charge is -2.04. The van der Waals surface area contributed by atoms with Crippen molar-refractivity contribution in [1.82, 2.24) is 9.55 Å².